The van der Waals surface area contributed by atoms with Gasteiger partial charge < -0.3 is 5.73 Å². The highest BCUT2D eigenvalue weighted by atomic mass is 19.4. The lowest BCUT2D eigenvalue weighted by Crippen LogP contribution is -2.11. The molecule has 2 nitrogen and oxygen atoms in total. The van der Waals surface area contributed by atoms with Crippen molar-refractivity contribution in [3.8, 4) is 0 Å². The van der Waals surface area contributed by atoms with Gasteiger partial charge in [0.2, 0.25) is 0 Å². The SMILES string of the molecule is Cc1c(N)cccc1C(=O)c1ccc(C(F)(F)F)c(F)c1. The van der Waals surface area contributed by atoms with E-state index in [-0.39, 0.29) is 11.1 Å². The van der Waals surface area contributed by atoms with Crippen LogP contribution in [-0.4, -0.2) is 5.78 Å². The summed E-state index contributed by atoms with van der Waals surface area (Å²) in [5.74, 6) is -2.05. The second-order valence-electron chi connectivity index (χ2n) is 4.54. The molecule has 0 aromatic heterocycles. The topological polar surface area (TPSA) is 43.1 Å². The lowest BCUT2D eigenvalue weighted by molar-refractivity contribution is -0.140. The van der Waals surface area contributed by atoms with Crippen LogP contribution >= 0.6 is 0 Å². The Balaban J connectivity index is 2.46. The van der Waals surface area contributed by atoms with Crippen LogP contribution in [0.25, 0.3) is 0 Å². The van der Waals surface area contributed by atoms with E-state index in [1.807, 2.05) is 0 Å². The summed E-state index contributed by atoms with van der Waals surface area (Å²) in [5, 5.41) is 0. The summed E-state index contributed by atoms with van der Waals surface area (Å²) in [6.07, 6.45) is -4.79. The van der Waals surface area contributed by atoms with Crippen molar-refractivity contribution < 1.29 is 22.4 Å². The molecule has 2 aromatic carbocycles. The molecule has 0 aliphatic rings. The molecule has 21 heavy (non-hydrogen) atoms. The predicted octanol–water partition coefficient (Wildman–Crippen LogP) is 3.97. The molecule has 0 saturated heterocycles. The molecular formula is C15H11F4NO. The van der Waals surface area contributed by atoms with E-state index in [0.29, 0.717) is 23.4 Å². The molecule has 6 heteroatoms. The van der Waals surface area contributed by atoms with E-state index in [2.05, 4.69) is 0 Å². The first kappa shape index (κ1) is 15.0. The quantitative estimate of drug-likeness (QED) is 0.518. The van der Waals surface area contributed by atoms with Crippen LogP contribution in [0.5, 0.6) is 0 Å². The van der Waals surface area contributed by atoms with Gasteiger partial charge in [0.1, 0.15) is 5.82 Å². The lowest BCUT2D eigenvalue weighted by atomic mass is 9.97. The zero-order valence-corrected chi connectivity index (χ0v) is 11.0. The van der Waals surface area contributed by atoms with Gasteiger partial charge in [-0.05, 0) is 30.7 Å². The maximum Gasteiger partial charge on any atom is 0.419 e. The summed E-state index contributed by atoms with van der Waals surface area (Å²) < 4.78 is 50.9. The zero-order valence-electron chi connectivity index (χ0n) is 11.0. The van der Waals surface area contributed by atoms with Crippen LogP contribution < -0.4 is 5.73 Å². The summed E-state index contributed by atoms with van der Waals surface area (Å²) in [5.41, 5.74) is 5.23. The number of rotatable bonds is 2. The number of ketones is 1. The molecule has 0 spiro atoms. The highest BCUT2D eigenvalue weighted by Crippen LogP contribution is 2.32. The number of nitrogens with two attached hydrogens (primary N) is 1. The number of nitrogen functional groups attached to an aromatic ring is 1. The number of hydrogen-bond acceptors (Lipinski definition) is 2. The molecule has 0 unspecified atom stereocenters. The molecule has 0 heterocycles. The van der Waals surface area contributed by atoms with Gasteiger partial charge in [0, 0.05) is 16.8 Å². The highest BCUT2D eigenvalue weighted by Gasteiger charge is 2.34. The first-order valence-corrected chi connectivity index (χ1v) is 5.98. The van der Waals surface area contributed by atoms with Crippen molar-refractivity contribution in [3.63, 3.8) is 0 Å². The number of carbonyl (C=O) groups excluding carboxylic acids is 1. The van der Waals surface area contributed by atoms with E-state index in [1.165, 1.54) is 6.07 Å². The minimum Gasteiger partial charge on any atom is -0.398 e. The Hall–Kier alpha value is -2.37. The molecule has 0 aliphatic heterocycles. The molecule has 0 aliphatic carbocycles. The van der Waals surface area contributed by atoms with Gasteiger partial charge in [-0.1, -0.05) is 18.2 Å². The van der Waals surface area contributed by atoms with E-state index < -0.39 is 23.3 Å². The van der Waals surface area contributed by atoms with E-state index >= 15 is 0 Å². The monoisotopic (exact) mass is 297 g/mol. The van der Waals surface area contributed by atoms with Crippen LogP contribution in [0, 0.1) is 12.7 Å². The normalized spacial score (nSPS) is 11.5. The van der Waals surface area contributed by atoms with E-state index in [0.717, 1.165) is 6.07 Å². The Kier molecular flexibility index (Phi) is 3.72. The van der Waals surface area contributed by atoms with Crippen LogP contribution in [0.3, 0.4) is 0 Å². The molecule has 0 radical (unpaired) electrons. The highest BCUT2D eigenvalue weighted by molar-refractivity contribution is 6.10. The van der Waals surface area contributed by atoms with Crippen molar-refractivity contribution in [2.45, 2.75) is 13.1 Å². The van der Waals surface area contributed by atoms with Crippen LogP contribution in [0.1, 0.15) is 27.0 Å². The van der Waals surface area contributed by atoms with Crippen molar-refractivity contribution in [1.82, 2.24) is 0 Å². The fraction of sp³-hybridized carbons (Fsp3) is 0.133. The van der Waals surface area contributed by atoms with Crippen LogP contribution in [0.4, 0.5) is 23.2 Å². The summed E-state index contributed by atoms with van der Waals surface area (Å²) in [6.45, 7) is 1.61. The Morgan fingerprint density at radius 1 is 1.14 bits per heavy atom. The number of anilines is 1. The third-order valence-electron chi connectivity index (χ3n) is 3.16. The average molecular weight is 297 g/mol. The fourth-order valence-electron chi connectivity index (χ4n) is 1.94. The second kappa shape index (κ2) is 5.20. The first-order chi connectivity index (χ1) is 9.71. The number of benzene rings is 2. The number of carbonyl (C=O) groups is 1. The molecular weight excluding hydrogens is 286 g/mol. The summed E-state index contributed by atoms with van der Waals surface area (Å²) in [4.78, 5) is 12.2. The molecule has 0 saturated carbocycles. The summed E-state index contributed by atoms with van der Waals surface area (Å²) in [6, 6.07) is 6.74. The molecule has 110 valence electrons. The van der Waals surface area contributed by atoms with Gasteiger partial charge in [-0.25, -0.2) is 4.39 Å². The minimum atomic E-state index is -4.79. The third kappa shape index (κ3) is 2.89. The van der Waals surface area contributed by atoms with Gasteiger partial charge in [-0.3, -0.25) is 4.79 Å². The third-order valence-corrected chi connectivity index (χ3v) is 3.16. The van der Waals surface area contributed by atoms with Gasteiger partial charge in [0.15, 0.2) is 5.78 Å². The molecule has 0 amide bonds. The van der Waals surface area contributed by atoms with Crippen molar-refractivity contribution in [2.24, 2.45) is 0 Å². The smallest absolute Gasteiger partial charge is 0.398 e. The number of alkyl halides is 3. The van der Waals surface area contributed by atoms with Crippen molar-refractivity contribution in [2.75, 3.05) is 5.73 Å². The molecule has 2 rings (SSSR count). The van der Waals surface area contributed by atoms with Gasteiger partial charge in [0.25, 0.3) is 0 Å². The minimum absolute atomic E-state index is 0.158. The average Bonchev–Trinajstić information content (AvgIpc) is 2.39. The maximum atomic E-state index is 13.5. The molecule has 0 bridgehead atoms. The van der Waals surface area contributed by atoms with Crippen LogP contribution in [0.15, 0.2) is 36.4 Å². The van der Waals surface area contributed by atoms with E-state index in [4.69, 9.17) is 5.73 Å². The van der Waals surface area contributed by atoms with Crippen LogP contribution in [0.2, 0.25) is 0 Å². The Morgan fingerprint density at radius 2 is 1.81 bits per heavy atom. The van der Waals surface area contributed by atoms with Gasteiger partial charge in [-0.15, -0.1) is 0 Å². The van der Waals surface area contributed by atoms with Gasteiger partial charge in [0.05, 0.1) is 5.56 Å². The number of hydrogen-bond donors (Lipinski definition) is 1. The molecule has 2 aromatic rings. The van der Waals surface area contributed by atoms with Crippen molar-refractivity contribution in [3.05, 3.63) is 64.5 Å². The van der Waals surface area contributed by atoms with Crippen LogP contribution in [-0.2, 0) is 6.18 Å². The molecule has 0 atom stereocenters. The fourth-order valence-corrected chi connectivity index (χ4v) is 1.94. The standard InChI is InChI=1S/C15H11F4NO/c1-8-10(3-2-4-13(8)20)14(21)9-5-6-11(12(16)7-9)15(17,18)19/h2-7H,20H2,1H3. The first-order valence-electron chi connectivity index (χ1n) is 5.98. The summed E-state index contributed by atoms with van der Waals surface area (Å²) >= 11 is 0. The Labute approximate surface area is 118 Å². The Bertz CT molecular complexity index is 707. The van der Waals surface area contributed by atoms with Crippen molar-refractivity contribution in [1.29, 1.82) is 0 Å². The largest absolute Gasteiger partial charge is 0.419 e. The van der Waals surface area contributed by atoms with Crippen molar-refractivity contribution >= 4 is 11.5 Å². The molecule has 0 fully saturated rings. The van der Waals surface area contributed by atoms with Gasteiger partial charge in [-0.2, -0.15) is 13.2 Å². The Morgan fingerprint density at radius 3 is 2.38 bits per heavy atom. The molecule has 2 N–H and O–H groups in total. The number of halogens is 4. The maximum absolute atomic E-state index is 13.5. The lowest BCUT2D eigenvalue weighted by Gasteiger charge is -2.10. The van der Waals surface area contributed by atoms with Gasteiger partial charge >= 0.3 is 6.18 Å². The second-order valence-corrected chi connectivity index (χ2v) is 4.54. The predicted molar refractivity (Wildman–Crippen MR) is 70.4 cm³/mol. The summed E-state index contributed by atoms with van der Waals surface area (Å²) in [7, 11) is 0. The zero-order chi connectivity index (χ0) is 15.8. The van der Waals surface area contributed by atoms with E-state index in [1.54, 1.807) is 19.1 Å². The van der Waals surface area contributed by atoms with E-state index in [9.17, 15) is 22.4 Å².